The van der Waals surface area contributed by atoms with E-state index in [9.17, 15) is 13.2 Å². The first-order valence-electron chi connectivity index (χ1n) is 6.27. The first-order chi connectivity index (χ1) is 9.54. The first-order valence-corrected chi connectivity index (χ1v) is 6.27. The fraction of sp³-hybridized carbons (Fsp3) is 0.385. The number of pyridine rings is 1. The summed E-state index contributed by atoms with van der Waals surface area (Å²) in [6.45, 7) is 2.53. The first kappa shape index (κ1) is 14.5. The molecule has 2 rings (SSSR count). The lowest BCUT2D eigenvalue weighted by Gasteiger charge is -2.20. The number of hydrogen-bond donors (Lipinski definition) is 2. The van der Waals surface area contributed by atoms with Crippen molar-refractivity contribution in [2.75, 3.05) is 6.54 Å². The highest BCUT2D eigenvalue weighted by Gasteiger charge is 2.36. The zero-order valence-electron chi connectivity index (χ0n) is 10.9. The largest absolute Gasteiger partial charge is 0.416 e. The van der Waals surface area contributed by atoms with E-state index in [-0.39, 0.29) is 5.56 Å². The van der Waals surface area contributed by atoms with Gasteiger partial charge in [-0.15, -0.1) is 0 Å². The topological polar surface area (TPSA) is 53.6 Å². The summed E-state index contributed by atoms with van der Waals surface area (Å²) in [6.07, 6.45) is 1.86. The zero-order chi connectivity index (χ0) is 14.6. The van der Waals surface area contributed by atoms with Gasteiger partial charge in [0.15, 0.2) is 0 Å². The Kier molecular flexibility index (Phi) is 4.39. The number of hydrogen-bond acceptors (Lipinski definition) is 3. The fourth-order valence-corrected chi connectivity index (χ4v) is 1.97. The maximum absolute atomic E-state index is 13.1. The van der Waals surface area contributed by atoms with Gasteiger partial charge < -0.3 is 10.3 Å². The lowest BCUT2D eigenvalue weighted by Crippen LogP contribution is -2.27. The van der Waals surface area contributed by atoms with Crippen LogP contribution in [0.4, 0.5) is 13.2 Å². The quantitative estimate of drug-likeness (QED) is 0.887. The third kappa shape index (κ3) is 3.16. The molecule has 0 radical (unpaired) electrons. The molecule has 108 valence electrons. The molecule has 0 spiro atoms. The molecule has 7 heteroatoms. The number of alkyl halides is 3. The monoisotopic (exact) mass is 284 g/mol. The molecule has 1 atom stereocenters. The van der Waals surface area contributed by atoms with Crippen LogP contribution < -0.4 is 5.32 Å². The smallest absolute Gasteiger partial charge is 0.347 e. The second kappa shape index (κ2) is 6.04. The molecule has 1 unspecified atom stereocenters. The van der Waals surface area contributed by atoms with Crippen molar-refractivity contribution in [3.05, 3.63) is 47.8 Å². The van der Waals surface area contributed by atoms with E-state index in [1.165, 1.54) is 12.4 Å². The highest BCUT2D eigenvalue weighted by molar-refractivity contribution is 5.33. The van der Waals surface area contributed by atoms with Crippen LogP contribution in [0.3, 0.4) is 0 Å². The SMILES string of the molecule is CCCNC(c1ncc[nH]1)c1cnccc1C(F)(F)F. The van der Waals surface area contributed by atoms with Gasteiger partial charge in [0.1, 0.15) is 5.82 Å². The second-order valence-electron chi connectivity index (χ2n) is 4.32. The molecule has 0 amide bonds. The summed E-state index contributed by atoms with van der Waals surface area (Å²) in [4.78, 5) is 10.7. The van der Waals surface area contributed by atoms with Crippen LogP contribution in [-0.4, -0.2) is 21.5 Å². The summed E-state index contributed by atoms with van der Waals surface area (Å²) in [6, 6.07) is 0.328. The molecule has 0 saturated heterocycles. The predicted octanol–water partition coefficient (Wildman–Crippen LogP) is 2.91. The van der Waals surface area contributed by atoms with Crippen LogP contribution in [0.25, 0.3) is 0 Å². The van der Waals surface area contributed by atoms with Crippen molar-refractivity contribution in [3.63, 3.8) is 0 Å². The fourth-order valence-electron chi connectivity index (χ4n) is 1.97. The molecule has 2 heterocycles. The van der Waals surface area contributed by atoms with Crippen molar-refractivity contribution < 1.29 is 13.2 Å². The second-order valence-corrected chi connectivity index (χ2v) is 4.32. The number of aromatic amines is 1. The normalized spacial score (nSPS) is 13.4. The number of rotatable bonds is 5. The van der Waals surface area contributed by atoms with Crippen molar-refractivity contribution in [2.24, 2.45) is 0 Å². The minimum absolute atomic E-state index is 0.0726. The van der Waals surface area contributed by atoms with E-state index in [1.807, 2.05) is 6.92 Å². The van der Waals surface area contributed by atoms with Crippen LogP contribution in [0.5, 0.6) is 0 Å². The summed E-state index contributed by atoms with van der Waals surface area (Å²) in [5.74, 6) is 0.442. The van der Waals surface area contributed by atoms with Gasteiger partial charge in [0, 0.05) is 30.4 Å². The van der Waals surface area contributed by atoms with E-state index in [0.29, 0.717) is 12.4 Å². The van der Waals surface area contributed by atoms with E-state index in [4.69, 9.17) is 0 Å². The predicted molar refractivity (Wildman–Crippen MR) is 68.0 cm³/mol. The Hall–Kier alpha value is -1.89. The van der Waals surface area contributed by atoms with Gasteiger partial charge in [-0.3, -0.25) is 4.98 Å². The molecule has 0 bridgehead atoms. The Balaban J connectivity index is 2.44. The number of nitrogens with one attached hydrogen (secondary N) is 2. The average molecular weight is 284 g/mol. The van der Waals surface area contributed by atoms with Gasteiger partial charge in [-0.25, -0.2) is 4.98 Å². The van der Waals surface area contributed by atoms with Gasteiger partial charge in [-0.1, -0.05) is 6.92 Å². The molecule has 0 fully saturated rings. The van der Waals surface area contributed by atoms with E-state index < -0.39 is 17.8 Å². The standard InChI is InChI=1S/C13H15F3N4/c1-2-4-18-11(12-19-6-7-20-12)9-8-17-5-3-10(9)13(14,15)16/h3,5-8,11,18H,2,4H2,1H3,(H,19,20). The molecule has 0 saturated carbocycles. The third-order valence-corrected chi connectivity index (χ3v) is 2.86. The summed E-state index contributed by atoms with van der Waals surface area (Å²) in [5.41, 5.74) is -0.624. The maximum atomic E-state index is 13.1. The van der Waals surface area contributed by atoms with Crippen LogP contribution in [-0.2, 0) is 6.18 Å². The van der Waals surface area contributed by atoms with Gasteiger partial charge in [0.25, 0.3) is 0 Å². The van der Waals surface area contributed by atoms with Crippen molar-refractivity contribution in [1.82, 2.24) is 20.3 Å². The Bertz CT molecular complexity index is 537. The van der Waals surface area contributed by atoms with Crippen LogP contribution >= 0.6 is 0 Å². The van der Waals surface area contributed by atoms with Gasteiger partial charge in [-0.05, 0) is 19.0 Å². The van der Waals surface area contributed by atoms with Crippen LogP contribution in [0.15, 0.2) is 30.9 Å². The Morgan fingerprint density at radius 1 is 1.35 bits per heavy atom. The molecule has 20 heavy (non-hydrogen) atoms. The summed E-state index contributed by atoms with van der Waals surface area (Å²) in [5, 5.41) is 3.07. The number of halogens is 3. The van der Waals surface area contributed by atoms with E-state index >= 15 is 0 Å². The van der Waals surface area contributed by atoms with Crippen LogP contribution in [0.1, 0.15) is 36.3 Å². The highest BCUT2D eigenvalue weighted by Crippen LogP contribution is 2.35. The van der Waals surface area contributed by atoms with Gasteiger partial charge in [0.05, 0.1) is 11.6 Å². The molecule has 2 N–H and O–H groups in total. The number of nitrogens with zero attached hydrogens (tertiary/aromatic N) is 2. The van der Waals surface area contributed by atoms with Crippen molar-refractivity contribution in [2.45, 2.75) is 25.6 Å². The van der Waals surface area contributed by atoms with E-state index in [1.54, 1.807) is 6.20 Å². The Morgan fingerprint density at radius 3 is 2.75 bits per heavy atom. The van der Waals surface area contributed by atoms with Crippen molar-refractivity contribution in [3.8, 4) is 0 Å². The molecule has 0 aliphatic carbocycles. The average Bonchev–Trinajstić information content (AvgIpc) is 2.92. The van der Waals surface area contributed by atoms with Gasteiger partial charge in [-0.2, -0.15) is 13.2 Å². The summed E-state index contributed by atoms with van der Waals surface area (Å²) >= 11 is 0. The Morgan fingerprint density at radius 2 is 2.15 bits per heavy atom. The molecule has 2 aromatic rings. The van der Waals surface area contributed by atoms with Crippen molar-refractivity contribution in [1.29, 1.82) is 0 Å². The zero-order valence-corrected chi connectivity index (χ0v) is 10.9. The molecule has 4 nitrogen and oxygen atoms in total. The minimum atomic E-state index is -4.42. The highest BCUT2D eigenvalue weighted by atomic mass is 19.4. The molecular formula is C13H15F3N4. The van der Waals surface area contributed by atoms with Gasteiger partial charge >= 0.3 is 6.18 Å². The van der Waals surface area contributed by atoms with Crippen LogP contribution in [0, 0.1) is 0 Å². The molecule has 0 aromatic carbocycles. The molecule has 0 aliphatic heterocycles. The lowest BCUT2D eigenvalue weighted by atomic mass is 10.0. The summed E-state index contributed by atoms with van der Waals surface area (Å²) < 4.78 is 39.3. The maximum Gasteiger partial charge on any atom is 0.416 e. The number of aromatic nitrogens is 3. The Labute approximate surface area is 114 Å². The van der Waals surface area contributed by atoms with Crippen molar-refractivity contribution >= 4 is 0 Å². The van der Waals surface area contributed by atoms with Crippen LogP contribution in [0.2, 0.25) is 0 Å². The molecule has 2 aromatic heterocycles. The third-order valence-electron chi connectivity index (χ3n) is 2.86. The summed E-state index contributed by atoms with van der Waals surface area (Å²) in [7, 11) is 0. The van der Waals surface area contributed by atoms with E-state index in [0.717, 1.165) is 18.7 Å². The minimum Gasteiger partial charge on any atom is -0.347 e. The number of H-pyrrole nitrogens is 1. The molecular weight excluding hydrogens is 269 g/mol. The number of imidazole rings is 1. The molecule has 0 aliphatic rings. The van der Waals surface area contributed by atoms with Gasteiger partial charge in [0.2, 0.25) is 0 Å². The lowest BCUT2D eigenvalue weighted by molar-refractivity contribution is -0.138. The van der Waals surface area contributed by atoms with E-state index in [2.05, 4.69) is 20.3 Å².